The van der Waals surface area contributed by atoms with E-state index in [4.69, 9.17) is 5.11 Å². The predicted molar refractivity (Wildman–Crippen MR) is 67.8 cm³/mol. The summed E-state index contributed by atoms with van der Waals surface area (Å²) in [7, 11) is 0. The number of hydrogen-bond donors (Lipinski definition) is 2. The normalized spacial score (nSPS) is 12.5. The number of benzene rings is 1. The van der Waals surface area contributed by atoms with Crippen molar-refractivity contribution in [2.75, 3.05) is 5.33 Å². The molecule has 0 aliphatic heterocycles. The van der Waals surface area contributed by atoms with Gasteiger partial charge in [0.15, 0.2) is 6.10 Å². The van der Waals surface area contributed by atoms with Gasteiger partial charge in [-0.05, 0) is 30.0 Å². The van der Waals surface area contributed by atoms with Crippen molar-refractivity contribution >= 4 is 21.9 Å². The third-order valence-corrected chi connectivity index (χ3v) is 3.00. The molecule has 7 heteroatoms. The van der Waals surface area contributed by atoms with Gasteiger partial charge in [-0.15, -0.1) is 0 Å². The molecule has 1 aromatic rings. The van der Waals surface area contributed by atoms with Gasteiger partial charge in [0.2, 0.25) is 0 Å². The number of alkyl halides is 3. The maximum absolute atomic E-state index is 12.3. The van der Waals surface area contributed by atoms with E-state index < -0.39 is 18.7 Å². The Morgan fingerprint density at radius 3 is 2.63 bits per heavy atom. The molecule has 0 radical (unpaired) electrons. The molecule has 0 heterocycles. The van der Waals surface area contributed by atoms with E-state index >= 15 is 0 Å². The number of carboxylic acid groups (broad SMARTS) is 1. The lowest BCUT2D eigenvalue weighted by molar-refractivity contribution is -0.146. The Morgan fingerprint density at radius 1 is 1.42 bits per heavy atom. The Labute approximate surface area is 117 Å². The average Bonchev–Trinajstić information content (AvgIpc) is 2.35. The van der Waals surface area contributed by atoms with E-state index in [0.29, 0.717) is 17.3 Å². The highest BCUT2D eigenvalue weighted by atomic mass is 79.9. The maximum atomic E-state index is 12.3. The fourth-order valence-corrected chi connectivity index (χ4v) is 1.83. The fraction of sp³-hybridized carbons (Fsp3) is 0.417. The molecule has 1 rings (SSSR count). The Morgan fingerprint density at radius 2 is 2.11 bits per heavy atom. The highest BCUT2D eigenvalue weighted by Gasteiger charge is 2.19. The first kappa shape index (κ1) is 15.8. The van der Waals surface area contributed by atoms with Crippen LogP contribution in [0.5, 0.6) is 5.75 Å². The number of halogens is 3. The van der Waals surface area contributed by atoms with Crippen molar-refractivity contribution in [3.05, 3.63) is 29.3 Å². The largest absolute Gasteiger partial charge is 0.479 e. The Bertz CT molecular complexity index is 440. The summed E-state index contributed by atoms with van der Waals surface area (Å²) in [4.78, 5) is 10.6. The second-order valence-corrected chi connectivity index (χ2v) is 4.57. The van der Waals surface area contributed by atoms with Gasteiger partial charge in [-0.25, -0.2) is 4.79 Å². The zero-order valence-electron chi connectivity index (χ0n) is 9.85. The molecule has 0 fully saturated rings. The summed E-state index contributed by atoms with van der Waals surface area (Å²) in [5.41, 5.74) is 0.548. The first-order valence-corrected chi connectivity index (χ1v) is 6.62. The molecule has 0 aliphatic carbocycles. The van der Waals surface area contributed by atoms with Crippen molar-refractivity contribution in [3.63, 3.8) is 0 Å². The summed E-state index contributed by atoms with van der Waals surface area (Å²) in [6.45, 7) is -3.00. The van der Waals surface area contributed by atoms with Crippen LogP contribution in [-0.4, -0.2) is 28.1 Å². The number of aliphatic hydroxyl groups excluding tert-OH is 1. The lowest BCUT2D eigenvalue weighted by Gasteiger charge is -2.13. The SMILES string of the molecule is O=C(O)C(O)c1ccc(CCCBr)c(OC(F)F)c1. The number of rotatable bonds is 7. The van der Waals surface area contributed by atoms with Crippen LogP contribution in [0.25, 0.3) is 0 Å². The Hall–Kier alpha value is -1.21. The number of carboxylic acids is 1. The zero-order valence-corrected chi connectivity index (χ0v) is 11.4. The topological polar surface area (TPSA) is 66.8 Å². The van der Waals surface area contributed by atoms with Crippen LogP contribution in [0, 0.1) is 0 Å². The van der Waals surface area contributed by atoms with E-state index in [1.54, 1.807) is 0 Å². The van der Waals surface area contributed by atoms with Crippen LogP contribution in [0.3, 0.4) is 0 Å². The number of carbonyl (C=O) groups is 1. The van der Waals surface area contributed by atoms with Gasteiger partial charge >= 0.3 is 12.6 Å². The molecule has 0 spiro atoms. The van der Waals surface area contributed by atoms with Crippen LogP contribution >= 0.6 is 15.9 Å². The van der Waals surface area contributed by atoms with Crippen LogP contribution < -0.4 is 4.74 Å². The third kappa shape index (κ3) is 4.76. The molecule has 19 heavy (non-hydrogen) atoms. The fourth-order valence-electron chi connectivity index (χ4n) is 1.55. The minimum Gasteiger partial charge on any atom is -0.479 e. The summed E-state index contributed by atoms with van der Waals surface area (Å²) in [6, 6.07) is 4.01. The highest BCUT2D eigenvalue weighted by molar-refractivity contribution is 9.09. The van der Waals surface area contributed by atoms with E-state index in [9.17, 15) is 18.7 Å². The molecule has 0 bridgehead atoms. The van der Waals surface area contributed by atoms with Gasteiger partial charge in [-0.1, -0.05) is 28.1 Å². The second-order valence-electron chi connectivity index (χ2n) is 3.78. The van der Waals surface area contributed by atoms with Crippen molar-refractivity contribution in [2.45, 2.75) is 25.6 Å². The van der Waals surface area contributed by atoms with Crippen LogP contribution in [0.15, 0.2) is 18.2 Å². The van der Waals surface area contributed by atoms with Gasteiger partial charge in [-0.3, -0.25) is 0 Å². The molecular formula is C12H13BrF2O4. The summed E-state index contributed by atoms with van der Waals surface area (Å²) < 4.78 is 29.0. The molecule has 2 N–H and O–H groups in total. The summed E-state index contributed by atoms with van der Waals surface area (Å²) in [6.07, 6.45) is -0.526. The maximum Gasteiger partial charge on any atom is 0.387 e. The molecule has 0 aliphatic rings. The smallest absolute Gasteiger partial charge is 0.387 e. The van der Waals surface area contributed by atoms with Gasteiger partial charge in [0.25, 0.3) is 0 Å². The quantitative estimate of drug-likeness (QED) is 0.750. The molecule has 1 aromatic carbocycles. The Kier molecular flexibility index (Phi) is 6.17. The number of aryl methyl sites for hydroxylation is 1. The standard InChI is InChI=1S/C12H13BrF2O4/c13-5-1-2-7-3-4-8(10(16)11(17)18)6-9(7)19-12(14)15/h3-4,6,10,12,16H,1-2,5H2,(H,17,18). The molecular weight excluding hydrogens is 326 g/mol. The first-order valence-electron chi connectivity index (χ1n) is 5.50. The van der Waals surface area contributed by atoms with Gasteiger partial charge in [0.05, 0.1) is 0 Å². The van der Waals surface area contributed by atoms with Crippen LogP contribution in [0.2, 0.25) is 0 Å². The monoisotopic (exact) mass is 338 g/mol. The van der Waals surface area contributed by atoms with Crippen molar-refractivity contribution in [2.24, 2.45) is 0 Å². The molecule has 0 saturated heterocycles. The van der Waals surface area contributed by atoms with Crippen molar-refractivity contribution in [1.29, 1.82) is 0 Å². The van der Waals surface area contributed by atoms with Crippen LogP contribution in [0.4, 0.5) is 8.78 Å². The lowest BCUT2D eigenvalue weighted by Crippen LogP contribution is -2.12. The van der Waals surface area contributed by atoms with Crippen molar-refractivity contribution in [1.82, 2.24) is 0 Å². The number of ether oxygens (including phenoxy) is 1. The molecule has 106 valence electrons. The Balaban J connectivity index is 3.03. The van der Waals surface area contributed by atoms with Gasteiger partial charge in [0.1, 0.15) is 5.75 Å². The molecule has 0 saturated carbocycles. The number of aliphatic carboxylic acids is 1. The van der Waals surface area contributed by atoms with E-state index in [0.717, 1.165) is 12.5 Å². The minimum absolute atomic E-state index is 0.00532. The van der Waals surface area contributed by atoms with E-state index in [1.165, 1.54) is 12.1 Å². The van der Waals surface area contributed by atoms with E-state index in [-0.39, 0.29) is 11.3 Å². The molecule has 1 atom stereocenters. The summed E-state index contributed by atoms with van der Waals surface area (Å²) >= 11 is 3.23. The molecule has 0 amide bonds. The lowest BCUT2D eigenvalue weighted by atomic mass is 10.0. The molecule has 0 aromatic heterocycles. The third-order valence-electron chi connectivity index (χ3n) is 2.44. The van der Waals surface area contributed by atoms with Crippen LogP contribution in [-0.2, 0) is 11.2 Å². The predicted octanol–water partition coefficient (Wildman–Crippen LogP) is 2.73. The van der Waals surface area contributed by atoms with Crippen molar-refractivity contribution in [3.8, 4) is 5.75 Å². The first-order chi connectivity index (χ1) is 8.95. The summed E-state index contributed by atoms with van der Waals surface area (Å²) in [5.74, 6) is -1.55. The van der Waals surface area contributed by atoms with E-state index in [2.05, 4.69) is 20.7 Å². The van der Waals surface area contributed by atoms with Crippen LogP contribution in [0.1, 0.15) is 23.7 Å². The second kappa shape index (κ2) is 7.40. The van der Waals surface area contributed by atoms with Gasteiger partial charge in [-0.2, -0.15) is 8.78 Å². The number of aliphatic hydroxyl groups is 1. The van der Waals surface area contributed by atoms with Gasteiger partial charge in [0, 0.05) is 5.33 Å². The minimum atomic E-state index is -3.00. The molecule has 1 unspecified atom stereocenters. The van der Waals surface area contributed by atoms with Gasteiger partial charge < -0.3 is 14.9 Å². The highest BCUT2D eigenvalue weighted by Crippen LogP contribution is 2.27. The average molecular weight is 339 g/mol. The zero-order chi connectivity index (χ0) is 14.4. The number of hydrogen-bond acceptors (Lipinski definition) is 3. The van der Waals surface area contributed by atoms with E-state index in [1.807, 2.05) is 0 Å². The van der Waals surface area contributed by atoms with Crippen molar-refractivity contribution < 1.29 is 28.5 Å². The summed E-state index contributed by atoms with van der Waals surface area (Å²) in [5, 5.41) is 18.8. The molecule has 4 nitrogen and oxygen atoms in total.